The molecule has 1 saturated heterocycles. The Balaban J connectivity index is 2.04. The standard InChI is InChI=1S/C15H14F6N2O3/c16-14(17,18)8-22-12(24)11-2-1-7-23(11)13(25)9-3-5-10(6-4-9)26-15(19,20)21/h3-6,11H,1-2,7-8H2,(H,22,24). The summed E-state index contributed by atoms with van der Waals surface area (Å²) in [6.45, 7) is -1.35. The van der Waals surface area contributed by atoms with Gasteiger partial charge in [0.15, 0.2) is 0 Å². The highest BCUT2D eigenvalue weighted by molar-refractivity contribution is 5.98. The third-order valence-electron chi connectivity index (χ3n) is 3.61. The molecule has 1 aliphatic rings. The van der Waals surface area contributed by atoms with Gasteiger partial charge in [0.1, 0.15) is 18.3 Å². The Morgan fingerprint density at radius 3 is 2.27 bits per heavy atom. The van der Waals surface area contributed by atoms with Crippen molar-refractivity contribution in [3.05, 3.63) is 29.8 Å². The normalized spacial score (nSPS) is 17.9. The van der Waals surface area contributed by atoms with Crippen LogP contribution in [-0.4, -0.2) is 48.4 Å². The molecule has 0 aliphatic carbocycles. The second kappa shape index (κ2) is 7.42. The minimum absolute atomic E-state index is 0.00459. The number of rotatable bonds is 4. The molecule has 0 aromatic heterocycles. The molecule has 1 N–H and O–H groups in total. The van der Waals surface area contributed by atoms with Gasteiger partial charge in [-0.1, -0.05) is 0 Å². The van der Waals surface area contributed by atoms with Crippen LogP contribution in [0.1, 0.15) is 23.2 Å². The van der Waals surface area contributed by atoms with Gasteiger partial charge in [-0.25, -0.2) is 0 Å². The number of alkyl halides is 6. The van der Waals surface area contributed by atoms with E-state index in [9.17, 15) is 35.9 Å². The van der Waals surface area contributed by atoms with Crippen LogP contribution in [0, 0.1) is 0 Å². The van der Waals surface area contributed by atoms with Crippen LogP contribution < -0.4 is 10.1 Å². The number of likely N-dealkylation sites (tertiary alicyclic amines) is 1. The molecule has 1 heterocycles. The van der Waals surface area contributed by atoms with E-state index in [1.807, 2.05) is 0 Å². The second-order valence-electron chi connectivity index (χ2n) is 5.56. The summed E-state index contributed by atoms with van der Waals surface area (Å²) in [7, 11) is 0. The molecule has 144 valence electrons. The predicted octanol–water partition coefficient (Wildman–Crippen LogP) is 2.87. The van der Waals surface area contributed by atoms with Gasteiger partial charge in [-0.15, -0.1) is 13.2 Å². The van der Waals surface area contributed by atoms with Crippen molar-refractivity contribution >= 4 is 11.8 Å². The minimum atomic E-state index is -4.87. The van der Waals surface area contributed by atoms with Crippen LogP contribution in [0.3, 0.4) is 0 Å². The fourth-order valence-corrected chi connectivity index (χ4v) is 2.55. The smallest absolute Gasteiger partial charge is 0.406 e. The zero-order valence-electron chi connectivity index (χ0n) is 13.2. The lowest BCUT2D eigenvalue weighted by molar-refractivity contribution is -0.274. The zero-order valence-corrected chi connectivity index (χ0v) is 13.2. The maximum Gasteiger partial charge on any atom is 0.573 e. The van der Waals surface area contributed by atoms with Crippen molar-refractivity contribution in [1.29, 1.82) is 0 Å². The summed E-state index contributed by atoms with van der Waals surface area (Å²) in [5.74, 6) is -2.10. The van der Waals surface area contributed by atoms with E-state index in [-0.39, 0.29) is 18.5 Å². The largest absolute Gasteiger partial charge is 0.573 e. The predicted molar refractivity (Wildman–Crippen MR) is 76.2 cm³/mol. The molecule has 1 aliphatic heterocycles. The Hall–Kier alpha value is -2.46. The Bertz CT molecular complexity index is 657. The van der Waals surface area contributed by atoms with Crippen molar-refractivity contribution in [3.8, 4) is 5.75 Å². The monoisotopic (exact) mass is 384 g/mol. The molecule has 0 spiro atoms. The van der Waals surface area contributed by atoms with E-state index < -0.39 is 42.7 Å². The highest BCUT2D eigenvalue weighted by Crippen LogP contribution is 2.25. The summed E-state index contributed by atoms with van der Waals surface area (Å²) in [6.07, 6.45) is -8.82. The van der Waals surface area contributed by atoms with E-state index in [4.69, 9.17) is 0 Å². The molecule has 1 unspecified atom stereocenters. The van der Waals surface area contributed by atoms with E-state index in [1.165, 1.54) is 0 Å². The average molecular weight is 384 g/mol. The van der Waals surface area contributed by atoms with Crippen LogP contribution in [0.15, 0.2) is 24.3 Å². The molecular weight excluding hydrogens is 370 g/mol. The van der Waals surface area contributed by atoms with Crippen LogP contribution in [-0.2, 0) is 4.79 Å². The number of carbonyl (C=O) groups excluding carboxylic acids is 2. The average Bonchev–Trinajstić information content (AvgIpc) is 3.00. The van der Waals surface area contributed by atoms with Crippen molar-refractivity contribution < 1.29 is 40.7 Å². The lowest BCUT2D eigenvalue weighted by Gasteiger charge is -2.24. The maximum atomic E-state index is 12.4. The fourth-order valence-electron chi connectivity index (χ4n) is 2.55. The zero-order chi connectivity index (χ0) is 19.5. The van der Waals surface area contributed by atoms with Gasteiger partial charge in [0.2, 0.25) is 5.91 Å². The maximum absolute atomic E-state index is 12.4. The molecule has 2 amide bonds. The van der Waals surface area contributed by atoms with Crippen LogP contribution in [0.5, 0.6) is 5.75 Å². The van der Waals surface area contributed by atoms with Crippen molar-refractivity contribution in [3.63, 3.8) is 0 Å². The number of halogens is 6. The van der Waals surface area contributed by atoms with Crippen molar-refractivity contribution in [1.82, 2.24) is 10.2 Å². The first kappa shape index (κ1) is 19.9. The molecule has 1 aromatic carbocycles. The van der Waals surface area contributed by atoms with Gasteiger partial charge in [-0.05, 0) is 37.1 Å². The molecule has 1 atom stereocenters. The van der Waals surface area contributed by atoms with Crippen LogP contribution in [0.2, 0.25) is 0 Å². The third-order valence-corrected chi connectivity index (χ3v) is 3.61. The Morgan fingerprint density at radius 2 is 1.73 bits per heavy atom. The number of carbonyl (C=O) groups is 2. The summed E-state index contributed by atoms with van der Waals surface area (Å²) in [5.41, 5.74) is -0.00459. The van der Waals surface area contributed by atoms with Crippen LogP contribution in [0.4, 0.5) is 26.3 Å². The number of nitrogens with zero attached hydrogens (tertiary/aromatic N) is 1. The lowest BCUT2D eigenvalue weighted by atomic mass is 10.1. The van der Waals surface area contributed by atoms with Crippen molar-refractivity contribution in [2.24, 2.45) is 0 Å². The quantitative estimate of drug-likeness (QED) is 0.813. The molecular formula is C15H14F6N2O3. The van der Waals surface area contributed by atoms with Crippen LogP contribution in [0.25, 0.3) is 0 Å². The van der Waals surface area contributed by atoms with Gasteiger partial charge in [-0.3, -0.25) is 9.59 Å². The van der Waals surface area contributed by atoms with E-state index in [0.29, 0.717) is 6.42 Å². The highest BCUT2D eigenvalue weighted by Gasteiger charge is 2.37. The number of hydrogen-bond acceptors (Lipinski definition) is 3. The molecule has 1 fully saturated rings. The first-order valence-electron chi connectivity index (χ1n) is 7.47. The van der Waals surface area contributed by atoms with E-state index in [2.05, 4.69) is 4.74 Å². The molecule has 2 rings (SSSR count). The highest BCUT2D eigenvalue weighted by atomic mass is 19.4. The molecule has 0 radical (unpaired) electrons. The van der Waals surface area contributed by atoms with Gasteiger partial charge >= 0.3 is 12.5 Å². The van der Waals surface area contributed by atoms with Gasteiger partial charge in [0.05, 0.1) is 0 Å². The van der Waals surface area contributed by atoms with Gasteiger partial charge in [0.25, 0.3) is 5.91 Å². The Kier molecular flexibility index (Phi) is 5.67. The summed E-state index contributed by atoms with van der Waals surface area (Å²) in [5, 5.41) is 1.73. The number of nitrogens with one attached hydrogen (secondary N) is 1. The third kappa shape index (κ3) is 5.53. The van der Waals surface area contributed by atoms with E-state index in [0.717, 1.165) is 29.2 Å². The van der Waals surface area contributed by atoms with Gasteiger partial charge in [0, 0.05) is 12.1 Å². The van der Waals surface area contributed by atoms with Crippen molar-refractivity contribution in [2.45, 2.75) is 31.4 Å². The molecule has 0 bridgehead atoms. The Morgan fingerprint density at radius 1 is 1.12 bits per heavy atom. The topological polar surface area (TPSA) is 58.6 Å². The van der Waals surface area contributed by atoms with E-state index in [1.54, 1.807) is 5.32 Å². The molecule has 5 nitrogen and oxygen atoms in total. The fraction of sp³-hybridized carbons (Fsp3) is 0.467. The second-order valence-corrected chi connectivity index (χ2v) is 5.56. The lowest BCUT2D eigenvalue weighted by Crippen LogP contribution is -2.48. The van der Waals surface area contributed by atoms with E-state index >= 15 is 0 Å². The van der Waals surface area contributed by atoms with Crippen LogP contribution >= 0.6 is 0 Å². The summed E-state index contributed by atoms with van der Waals surface area (Å²) >= 11 is 0. The minimum Gasteiger partial charge on any atom is -0.406 e. The van der Waals surface area contributed by atoms with Crippen molar-refractivity contribution in [2.75, 3.05) is 13.1 Å². The van der Waals surface area contributed by atoms with Gasteiger partial charge in [-0.2, -0.15) is 13.2 Å². The number of ether oxygens (including phenoxy) is 1. The Labute approximate surface area is 143 Å². The number of amides is 2. The summed E-state index contributed by atoms with van der Waals surface area (Å²) in [6, 6.07) is 3.00. The SMILES string of the molecule is O=C(NCC(F)(F)F)C1CCCN1C(=O)c1ccc(OC(F)(F)F)cc1. The number of hydrogen-bond donors (Lipinski definition) is 1. The summed E-state index contributed by atoms with van der Waals surface area (Å²) < 4.78 is 76.6. The summed E-state index contributed by atoms with van der Waals surface area (Å²) in [4.78, 5) is 25.4. The molecule has 11 heteroatoms. The first-order valence-corrected chi connectivity index (χ1v) is 7.47. The molecule has 0 saturated carbocycles. The molecule has 1 aromatic rings. The first-order chi connectivity index (χ1) is 12.0. The molecule has 26 heavy (non-hydrogen) atoms. The number of benzene rings is 1. The van der Waals surface area contributed by atoms with Gasteiger partial charge < -0.3 is 15.0 Å².